The topological polar surface area (TPSA) is 79.6 Å². The van der Waals surface area contributed by atoms with Crippen molar-refractivity contribution in [3.63, 3.8) is 0 Å². The van der Waals surface area contributed by atoms with Crippen LogP contribution in [0.2, 0.25) is 5.02 Å². The number of amides is 4. The largest absolute Gasteiger partial charge is 0.457 e. The first-order valence-electron chi connectivity index (χ1n) is 10.2. The third-order valence-corrected chi connectivity index (χ3v) is 5.69. The number of urea groups is 1. The molecule has 1 aromatic heterocycles. The fourth-order valence-electron chi connectivity index (χ4n) is 3.45. The van der Waals surface area contributed by atoms with Gasteiger partial charge in [0.1, 0.15) is 17.1 Å². The second kappa shape index (κ2) is 8.85. The van der Waals surface area contributed by atoms with E-state index in [1.165, 1.54) is 6.08 Å². The molecule has 1 aliphatic rings. The highest BCUT2D eigenvalue weighted by molar-refractivity contribution is 6.39. The third-order valence-electron chi connectivity index (χ3n) is 5.46. The number of benzene rings is 2. The lowest BCUT2D eigenvalue weighted by Gasteiger charge is -2.26. The van der Waals surface area contributed by atoms with Crippen LogP contribution in [0.1, 0.15) is 37.5 Å². The molecular formula is C25H21ClN2O4. The summed E-state index contributed by atoms with van der Waals surface area (Å²) in [6.45, 7) is 4.20. The lowest BCUT2D eigenvalue weighted by Crippen LogP contribution is -2.54. The summed E-state index contributed by atoms with van der Waals surface area (Å²) in [4.78, 5) is 38.8. The molecule has 3 aromatic rings. The minimum absolute atomic E-state index is 0.192. The van der Waals surface area contributed by atoms with Crippen LogP contribution in [0, 0.1) is 0 Å². The number of imide groups is 2. The number of carbonyl (C=O) groups excluding carboxylic acids is 3. The van der Waals surface area contributed by atoms with Crippen molar-refractivity contribution in [2.24, 2.45) is 0 Å². The fraction of sp³-hybridized carbons (Fsp3) is 0.160. The number of barbiturate groups is 1. The van der Waals surface area contributed by atoms with Crippen LogP contribution in [-0.4, -0.2) is 17.8 Å². The van der Waals surface area contributed by atoms with E-state index in [0.29, 0.717) is 28.1 Å². The first kappa shape index (κ1) is 21.6. The highest BCUT2D eigenvalue weighted by Gasteiger charge is 2.37. The Morgan fingerprint density at radius 3 is 2.50 bits per heavy atom. The Labute approximate surface area is 190 Å². The summed E-state index contributed by atoms with van der Waals surface area (Å²) < 4.78 is 5.78. The zero-order valence-electron chi connectivity index (χ0n) is 17.6. The van der Waals surface area contributed by atoms with Gasteiger partial charge in [0, 0.05) is 10.6 Å². The molecule has 7 heteroatoms. The molecule has 1 aliphatic heterocycles. The first-order chi connectivity index (χ1) is 15.4. The maximum atomic E-state index is 13.1. The van der Waals surface area contributed by atoms with Gasteiger partial charge >= 0.3 is 6.03 Å². The van der Waals surface area contributed by atoms with Crippen molar-refractivity contribution in [2.75, 3.05) is 4.90 Å². The monoisotopic (exact) mass is 448 g/mol. The first-order valence-corrected chi connectivity index (χ1v) is 10.6. The Hall–Kier alpha value is -3.64. The van der Waals surface area contributed by atoms with Gasteiger partial charge in [0.05, 0.1) is 5.69 Å². The summed E-state index contributed by atoms with van der Waals surface area (Å²) in [5, 5.41) is 2.79. The second-order valence-corrected chi connectivity index (χ2v) is 8.01. The lowest BCUT2D eigenvalue weighted by molar-refractivity contribution is -0.122. The van der Waals surface area contributed by atoms with Crippen molar-refractivity contribution < 1.29 is 18.8 Å². The van der Waals surface area contributed by atoms with Crippen LogP contribution in [-0.2, 0) is 9.59 Å². The van der Waals surface area contributed by atoms with Gasteiger partial charge in [0.15, 0.2) is 0 Å². The van der Waals surface area contributed by atoms with Crippen LogP contribution in [0.25, 0.3) is 17.4 Å². The number of hydrogen-bond acceptors (Lipinski definition) is 4. The van der Waals surface area contributed by atoms with Crippen molar-refractivity contribution in [2.45, 2.75) is 26.2 Å². The molecule has 0 saturated carbocycles. The van der Waals surface area contributed by atoms with Crippen LogP contribution in [0.4, 0.5) is 10.5 Å². The van der Waals surface area contributed by atoms with Crippen LogP contribution < -0.4 is 10.2 Å². The lowest BCUT2D eigenvalue weighted by atomic mass is 9.98. The normalized spacial score (nSPS) is 16.4. The van der Waals surface area contributed by atoms with Gasteiger partial charge in [-0.2, -0.15) is 0 Å². The summed E-state index contributed by atoms with van der Waals surface area (Å²) in [7, 11) is 0. The van der Waals surface area contributed by atoms with Gasteiger partial charge in [-0.05, 0) is 60.4 Å². The van der Waals surface area contributed by atoms with E-state index in [4.69, 9.17) is 16.0 Å². The number of rotatable bonds is 5. The number of hydrogen-bond donors (Lipinski definition) is 1. The molecule has 1 fully saturated rings. The molecule has 6 nitrogen and oxygen atoms in total. The van der Waals surface area contributed by atoms with E-state index in [0.717, 1.165) is 22.4 Å². The number of carbonyl (C=O) groups is 3. The van der Waals surface area contributed by atoms with Gasteiger partial charge in [-0.25, -0.2) is 9.69 Å². The Bertz CT molecular complexity index is 1230. The minimum Gasteiger partial charge on any atom is -0.457 e. The molecule has 1 atom stereocenters. The standard InChI is InChI=1S/C25H21ClN2O4/c1-3-15(2)16-7-9-19(10-8-16)28-24(30)21(23(29)27-25(28)31)14-20-11-12-22(32-20)17-5-4-6-18(26)13-17/h4-15H,3H2,1-2H3,(H,27,29,31)/b21-14-/t15-/m0/s1. The van der Waals surface area contributed by atoms with Crippen molar-refractivity contribution in [1.82, 2.24) is 5.32 Å². The summed E-state index contributed by atoms with van der Waals surface area (Å²) in [6.07, 6.45) is 2.31. The second-order valence-electron chi connectivity index (χ2n) is 7.57. The Balaban J connectivity index is 1.63. The summed E-state index contributed by atoms with van der Waals surface area (Å²) in [5.41, 5.74) is 2.07. The molecule has 2 aromatic carbocycles. The quantitative estimate of drug-likeness (QED) is 0.396. The number of nitrogens with zero attached hydrogens (tertiary/aromatic N) is 1. The van der Waals surface area contributed by atoms with Crippen LogP contribution in [0.15, 0.2) is 70.7 Å². The van der Waals surface area contributed by atoms with Gasteiger partial charge in [-0.15, -0.1) is 0 Å². The minimum atomic E-state index is -0.785. The number of halogens is 1. The Morgan fingerprint density at radius 1 is 1.06 bits per heavy atom. The van der Waals surface area contributed by atoms with Gasteiger partial charge in [0.25, 0.3) is 11.8 Å². The molecule has 1 saturated heterocycles. The average molecular weight is 449 g/mol. The number of furan rings is 1. The van der Waals surface area contributed by atoms with E-state index in [2.05, 4.69) is 19.2 Å². The Kier molecular flexibility index (Phi) is 5.97. The van der Waals surface area contributed by atoms with Gasteiger partial charge in [0.2, 0.25) is 0 Å². The van der Waals surface area contributed by atoms with Crippen molar-refractivity contribution >= 4 is 41.2 Å². The van der Waals surface area contributed by atoms with E-state index in [1.54, 1.807) is 42.5 Å². The van der Waals surface area contributed by atoms with Crippen LogP contribution in [0.3, 0.4) is 0 Å². The molecule has 4 amide bonds. The molecular weight excluding hydrogens is 428 g/mol. The maximum Gasteiger partial charge on any atom is 0.335 e. The van der Waals surface area contributed by atoms with Crippen LogP contribution >= 0.6 is 11.6 Å². The number of anilines is 1. The van der Waals surface area contributed by atoms with E-state index >= 15 is 0 Å². The highest BCUT2D eigenvalue weighted by atomic mass is 35.5. The zero-order valence-corrected chi connectivity index (χ0v) is 18.3. The Morgan fingerprint density at radius 2 is 1.81 bits per heavy atom. The van der Waals surface area contributed by atoms with Crippen molar-refractivity contribution in [3.8, 4) is 11.3 Å². The molecule has 0 spiro atoms. The average Bonchev–Trinajstić information content (AvgIpc) is 3.25. The van der Waals surface area contributed by atoms with Crippen molar-refractivity contribution in [1.29, 1.82) is 0 Å². The van der Waals surface area contributed by atoms with E-state index < -0.39 is 17.8 Å². The van der Waals surface area contributed by atoms with Crippen molar-refractivity contribution in [3.05, 3.63) is 82.6 Å². The molecule has 162 valence electrons. The van der Waals surface area contributed by atoms with E-state index in [1.807, 2.05) is 18.2 Å². The number of nitrogens with one attached hydrogen (secondary N) is 1. The van der Waals surface area contributed by atoms with Gasteiger partial charge in [-0.1, -0.05) is 49.7 Å². The van der Waals surface area contributed by atoms with E-state index in [9.17, 15) is 14.4 Å². The molecule has 1 N–H and O–H groups in total. The fourth-order valence-corrected chi connectivity index (χ4v) is 3.64. The highest BCUT2D eigenvalue weighted by Crippen LogP contribution is 2.28. The SMILES string of the molecule is CC[C@H](C)c1ccc(N2C(=O)NC(=O)/C(=C/c3ccc(-c4cccc(Cl)c4)o3)C2=O)cc1. The predicted octanol–water partition coefficient (Wildman–Crippen LogP) is 5.78. The predicted molar refractivity (Wildman–Crippen MR) is 123 cm³/mol. The summed E-state index contributed by atoms with van der Waals surface area (Å²) in [6, 6.07) is 16.9. The third kappa shape index (κ3) is 4.22. The molecule has 4 rings (SSSR count). The van der Waals surface area contributed by atoms with Crippen LogP contribution in [0.5, 0.6) is 0 Å². The molecule has 32 heavy (non-hydrogen) atoms. The van der Waals surface area contributed by atoms with E-state index in [-0.39, 0.29) is 5.57 Å². The maximum absolute atomic E-state index is 13.1. The molecule has 0 bridgehead atoms. The smallest absolute Gasteiger partial charge is 0.335 e. The molecule has 2 heterocycles. The molecule has 0 radical (unpaired) electrons. The van der Waals surface area contributed by atoms with Gasteiger partial charge in [-0.3, -0.25) is 14.9 Å². The molecule has 0 aliphatic carbocycles. The summed E-state index contributed by atoms with van der Waals surface area (Å²) in [5.74, 6) is -0.278. The zero-order chi connectivity index (χ0) is 22.8. The summed E-state index contributed by atoms with van der Waals surface area (Å²) >= 11 is 6.03. The molecule has 0 unspecified atom stereocenters. The van der Waals surface area contributed by atoms with Gasteiger partial charge < -0.3 is 4.42 Å².